The third-order valence-corrected chi connectivity index (χ3v) is 6.19. The zero-order valence-corrected chi connectivity index (χ0v) is 16.7. The monoisotopic (exact) mass is 418 g/mol. The van der Waals surface area contributed by atoms with Gasteiger partial charge in [0.2, 0.25) is 0 Å². The van der Waals surface area contributed by atoms with Crippen LogP contribution in [0.15, 0.2) is 42.5 Å². The molecule has 1 saturated carbocycles. The summed E-state index contributed by atoms with van der Waals surface area (Å²) in [6.07, 6.45) is 1.07. The number of aliphatic hydroxyl groups is 1. The third-order valence-electron chi connectivity index (χ3n) is 5.37. The van der Waals surface area contributed by atoms with Gasteiger partial charge in [-0.25, -0.2) is 0 Å². The Bertz CT molecular complexity index is 918. The van der Waals surface area contributed by atoms with E-state index in [-0.39, 0.29) is 11.8 Å². The van der Waals surface area contributed by atoms with Gasteiger partial charge in [-0.3, -0.25) is 9.59 Å². The van der Waals surface area contributed by atoms with Crippen molar-refractivity contribution in [3.63, 3.8) is 0 Å². The first-order valence-electron chi connectivity index (χ1n) is 9.24. The summed E-state index contributed by atoms with van der Waals surface area (Å²) >= 11 is 12.3. The molecule has 2 fully saturated rings. The van der Waals surface area contributed by atoms with Crippen molar-refractivity contribution in [2.75, 3.05) is 26.2 Å². The van der Waals surface area contributed by atoms with Gasteiger partial charge in [0.1, 0.15) is 5.60 Å². The van der Waals surface area contributed by atoms with Crippen LogP contribution in [-0.2, 0) is 4.79 Å². The van der Waals surface area contributed by atoms with Crippen LogP contribution in [0.25, 0.3) is 11.1 Å². The van der Waals surface area contributed by atoms with Crippen molar-refractivity contribution in [3.8, 4) is 11.1 Å². The fourth-order valence-electron chi connectivity index (χ4n) is 3.44. The number of amides is 2. The molecule has 0 spiro atoms. The lowest BCUT2D eigenvalue weighted by atomic mass is 10.0. The van der Waals surface area contributed by atoms with E-state index in [1.54, 1.807) is 28.0 Å². The van der Waals surface area contributed by atoms with Crippen molar-refractivity contribution in [1.82, 2.24) is 9.80 Å². The second-order valence-corrected chi connectivity index (χ2v) is 8.08. The highest BCUT2D eigenvalue weighted by Gasteiger charge is 2.50. The van der Waals surface area contributed by atoms with Gasteiger partial charge in [0, 0.05) is 37.3 Å². The number of carbonyl (C=O) groups excluding carboxylic acids is 2. The largest absolute Gasteiger partial charge is 0.380 e. The molecule has 0 atom stereocenters. The zero-order valence-electron chi connectivity index (χ0n) is 15.2. The van der Waals surface area contributed by atoms with Crippen LogP contribution in [0.3, 0.4) is 0 Å². The van der Waals surface area contributed by atoms with Gasteiger partial charge < -0.3 is 14.9 Å². The Balaban J connectivity index is 1.42. The minimum atomic E-state index is -1.15. The molecule has 0 unspecified atom stereocenters. The minimum Gasteiger partial charge on any atom is -0.380 e. The van der Waals surface area contributed by atoms with Gasteiger partial charge in [-0.05, 0) is 36.6 Å². The van der Waals surface area contributed by atoms with Gasteiger partial charge >= 0.3 is 0 Å². The van der Waals surface area contributed by atoms with Crippen molar-refractivity contribution in [2.45, 2.75) is 18.4 Å². The Morgan fingerprint density at radius 3 is 2.11 bits per heavy atom. The lowest BCUT2D eigenvalue weighted by Crippen LogP contribution is -2.53. The smallest absolute Gasteiger partial charge is 0.254 e. The maximum Gasteiger partial charge on any atom is 0.254 e. The average Bonchev–Trinajstić information content (AvgIpc) is 3.48. The van der Waals surface area contributed by atoms with E-state index in [1.807, 2.05) is 24.3 Å². The van der Waals surface area contributed by atoms with Gasteiger partial charge in [-0.2, -0.15) is 0 Å². The van der Waals surface area contributed by atoms with Crippen LogP contribution in [0.2, 0.25) is 10.0 Å². The summed E-state index contributed by atoms with van der Waals surface area (Å²) in [5.41, 5.74) is 1.14. The topological polar surface area (TPSA) is 60.9 Å². The molecule has 7 heteroatoms. The summed E-state index contributed by atoms with van der Waals surface area (Å²) in [6, 6.07) is 12.7. The standard InChI is InChI=1S/C21H20Cl2N2O3/c22-17-3-1-2-16(18(17)23)14-4-6-15(7-5-14)19(26)24-10-12-25(13-11-24)20(27)21(28)8-9-21/h1-7,28H,8-13H2. The SMILES string of the molecule is O=C(c1ccc(-c2cccc(Cl)c2Cl)cc1)N1CCN(C(=O)C2(O)CC2)CC1. The molecule has 0 radical (unpaired) electrons. The van der Waals surface area contributed by atoms with Crippen molar-refractivity contribution in [2.24, 2.45) is 0 Å². The summed E-state index contributed by atoms with van der Waals surface area (Å²) in [7, 11) is 0. The number of nitrogens with zero attached hydrogens (tertiary/aromatic N) is 2. The van der Waals surface area contributed by atoms with E-state index in [1.165, 1.54) is 0 Å². The lowest BCUT2D eigenvalue weighted by Gasteiger charge is -2.35. The first-order chi connectivity index (χ1) is 13.4. The quantitative estimate of drug-likeness (QED) is 0.829. The first kappa shape index (κ1) is 19.2. The van der Waals surface area contributed by atoms with Gasteiger partial charge in [0.05, 0.1) is 10.0 Å². The van der Waals surface area contributed by atoms with Crippen LogP contribution in [0, 0.1) is 0 Å². The van der Waals surface area contributed by atoms with Crippen molar-refractivity contribution in [1.29, 1.82) is 0 Å². The molecule has 2 aromatic rings. The van der Waals surface area contributed by atoms with Crippen LogP contribution >= 0.6 is 23.2 Å². The molecule has 4 rings (SSSR count). The number of piperazine rings is 1. The highest BCUT2D eigenvalue weighted by Crippen LogP contribution is 2.37. The van der Waals surface area contributed by atoms with E-state index in [0.717, 1.165) is 11.1 Å². The lowest BCUT2D eigenvalue weighted by molar-refractivity contribution is -0.143. The molecule has 28 heavy (non-hydrogen) atoms. The Labute approximate surface area is 173 Å². The van der Waals surface area contributed by atoms with Crippen LogP contribution in [0.4, 0.5) is 0 Å². The third kappa shape index (κ3) is 3.62. The molecule has 5 nitrogen and oxygen atoms in total. The highest BCUT2D eigenvalue weighted by molar-refractivity contribution is 6.43. The molecule has 1 heterocycles. The summed E-state index contributed by atoms with van der Waals surface area (Å²) in [5, 5.41) is 10.9. The van der Waals surface area contributed by atoms with Gasteiger partial charge in [0.25, 0.3) is 11.8 Å². The van der Waals surface area contributed by atoms with Gasteiger partial charge in [-0.15, -0.1) is 0 Å². The van der Waals surface area contributed by atoms with E-state index in [9.17, 15) is 14.7 Å². The number of hydrogen-bond acceptors (Lipinski definition) is 3. The summed E-state index contributed by atoms with van der Waals surface area (Å²) < 4.78 is 0. The maximum absolute atomic E-state index is 12.8. The van der Waals surface area contributed by atoms with E-state index in [4.69, 9.17) is 23.2 Å². The van der Waals surface area contributed by atoms with E-state index >= 15 is 0 Å². The molecule has 1 aliphatic carbocycles. The second-order valence-electron chi connectivity index (χ2n) is 7.29. The Hall–Kier alpha value is -2.08. The predicted molar refractivity (Wildman–Crippen MR) is 109 cm³/mol. The van der Waals surface area contributed by atoms with E-state index in [2.05, 4.69) is 0 Å². The van der Waals surface area contributed by atoms with Gasteiger partial charge in [-0.1, -0.05) is 47.5 Å². The molecule has 2 aliphatic rings. The number of carbonyl (C=O) groups is 2. The van der Waals surface area contributed by atoms with Crippen LogP contribution in [0.5, 0.6) is 0 Å². The fraction of sp³-hybridized carbons (Fsp3) is 0.333. The Kier molecular flexibility index (Phi) is 5.08. The second kappa shape index (κ2) is 7.39. The van der Waals surface area contributed by atoms with E-state index in [0.29, 0.717) is 54.6 Å². The summed E-state index contributed by atoms with van der Waals surface area (Å²) in [4.78, 5) is 28.4. The van der Waals surface area contributed by atoms with Crippen molar-refractivity contribution in [3.05, 3.63) is 58.1 Å². The maximum atomic E-state index is 12.8. The first-order valence-corrected chi connectivity index (χ1v) is 10.0. The fourth-order valence-corrected chi connectivity index (χ4v) is 3.85. The molecule has 2 amide bonds. The summed E-state index contributed by atoms with van der Waals surface area (Å²) in [5.74, 6) is -0.275. The average molecular weight is 419 g/mol. The highest BCUT2D eigenvalue weighted by atomic mass is 35.5. The predicted octanol–water partition coefficient (Wildman–Crippen LogP) is 3.47. The molecule has 1 N–H and O–H groups in total. The molecular formula is C21H20Cl2N2O3. The molecular weight excluding hydrogens is 399 g/mol. The van der Waals surface area contributed by atoms with Crippen molar-refractivity contribution < 1.29 is 14.7 Å². The minimum absolute atomic E-state index is 0.0685. The van der Waals surface area contributed by atoms with Crippen molar-refractivity contribution >= 4 is 35.0 Å². The van der Waals surface area contributed by atoms with Crippen LogP contribution < -0.4 is 0 Å². The van der Waals surface area contributed by atoms with Crippen LogP contribution in [-0.4, -0.2) is 58.5 Å². The number of rotatable bonds is 3. The number of hydrogen-bond donors (Lipinski definition) is 1. The summed E-state index contributed by atoms with van der Waals surface area (Å²) in [6.45, 7) is 1.82. The molecule has 146 valence electrons. The molecule has 0 aromatic heterocycles. The van der Waals surface area contributed by atoms with E-state index < -0.39 is 5.60 Å². The Morgan fingerprint density at radius 2 is 1.50 bits per heavy atom. The van der Waals surface area contributed by atoms with Gasteiger partial charge in [0.15, 0.2) is 0 Å². The molecule has 1 aliphatic heterocycles. The molecule has 0 bridgehead atoms. The molecule has 2 aromatic carbocycles. The zero-order chi connectivity index (χ0) is 19.9. The molecule has 1 saturated heterocycles. The normalized spacial score (nSPS) is 18.1. The Morgan fingerprint density at radius 1 is 0.893 bits per heavy atom. The number of benzene rings is 2. The number of halogens is 2. The van der Waals surface area contributed by atoms with Crippen LogP contribution in [0.1, 0.15) is 23.2 Å².